The third-order valence-electron chi connectivity index (χ3n) is 1.56. The molecule has 0 saturated heterocycles. The van der Waals surface area contributed by atoms with Crippen molar-refractivity contribution in [3.63, 3.8) is 0 Å². The minimum Gasteiger partial charge on any atom is -0.405 e. The summed E-state index contributed by atoms with van der Waals surface area (Å²) in [6.45, 7) is 3.69. The molecule has 1 heterocycles. The quantitative estimate of drug-likeness (QED) is 0.668. The van der Waals surface area contributed by atoms with Crippen molar-refractivity contribution in [3.8, 4) is 0 Å². The van der Waals surface area contributed by atoms with Crippen LogP contribution in [0.4, 0.5) is 0 Å². The lowest BCUT2D eigenvalue weighted by molar-refractivity contribution is 0.705. The topological polar surface area (TPSA) is 69.6 Å². The Morgan fingerprint density at radius 2 is 2.36 bits per heavy atom. The maximum atomic E-state index is 5.35. The summed E-state index contributed by atoms with van der Waals surface area (Å²) < 4.78 is 2.53. The number of rotatable bonds is 3. The van der Waals surface area contributed by atoms with Gasteiger partial charge in [-0.15, -0.1) is 5.10 Å². The van der Waals surface area contributed by atoms with E-state index in [0.29, 0.717) is 5.82 Å². The number of hydrogen-bond donors (Lipinski definition) is 1. The monoisotopic (exact) mass is 303 g/mol. The van der Waals surface area contributed by atoms with E-state index >= 15 is 0 Å². The van der Waals surface area contributed by atoms with E-state index in [4.69, 9.17) is 5.73 Å². The Morgan fingerprint density at radius 1 is 1.64 bits per heavy atom. The number of allylic oxidation sites excluding steroid dienone is 4. The molecule has 1 aromatic rings. The minimum absolute atomic E-state index is 0.663. The fourth-order valence-electron chi connectivity index (χ4n) is 0.925. The lowest BCUT2D eigenvalue weighted by atomic mass is 10.2. The van der Waals surface area contributed by atoms with Gasteiger partial charge in [0.25, 0.3) is 0 Å². The van der Waals surface area contributed by atoms with Crippen LogP contribution < -0.4 is 5.73 Å². The average Bonchev–Trinajstić information content (AvgIpc) is 2.60. The summed E-state index contributed by atoms with van der Waals surface area (Å²) in [5.41, 5.74) is 6.20. The van der Waals surface area contributed by atoms with Gasteiger partial charge in [-0.25, -0.2) is 4.68 Å². The Labute approximate surface area is 95.5 Å². The van der Waals surface area contributed by atoms with Gasteiger partial charge in [-0.05, 0) is 45.3 Å². The summed E-state index contributed by atoms with van der Waals surface area (Å²) in [4.78, 5) is 0. The molecule has 6 heteroatoms. The van der Waals surface area contributed by atoms with Crippen molar-refractivity contribution in [1.29, 1.82) is 0 Å². The van der Waals surface area contributed by atoms with E-state index in [1.54, 1.807) is 23.9 Å². The highest BCUT2D eigenvalue weighted by molar-refractivity contribution is 14.1. The van der Waals surface area contributed by atoms with Gasteiger partial charge < -0.3 is 5.73 Å². The Bertz CT molecular complexity index is 390. The first-order valence-electron chi connectivity index (χ1n) is 3.84. The van der Waals surface area contributed by atoms with Crippen molar-refractivity contribution in [3.05, 3.63) is 34.3 Å². The molecule has 0 amide bonds. The van der Waals surface area contributed by atoms with Gasteiger partial charge in [0.2, 0.25) is 0 Å². The van der Waals surface area contributed by atoms with Crippen LogP contribution in [0.1, 0.15) is 5.82 Å². The number of aromatic nitrogens is 4. The number of hydrogen-bond acceptors (Lipinski definition) is 4. The molecule has 1 rings (SSSR count). The van der Waals surface area contributed by atoms with Crippen molar-refractivity contribution in [2.45, 2.75) is 0 Å². The summed E-state index contributed by atoms with van der Waals surface area (Å²) in [5.74, 6) is 0.663. The van der Waals surface area contributed by atoms with Gasteiger partial charge in [0.1, 0.15) is 0 Å². The van der Waals surface area contributed by atoms with Crippen LogP contribution in [0, 0.1) is 0 Å². The third-order valence-corrected chi connectivity index (χ3v) is 2.58. The zero-order valence-electron chi connectivity index (χ0n) is 7.68. The van der Waals surface area contributed by atoms with Gasteiger partial charge >= 0.3 is 0 Å². The van der Waals surface area contributed by atoms with Crippen molar-refractivity contribution in [2.75, 3.05) is 0 Å². The fraction of sp³-hybridized carbons (Fsp3) is 0.125. The van der Waals surface area contributed by atoms with E-state index in [1.165, 1.54) is 6.20 Å². The summed E-state index contributed by atoms with van der Waals surface area (Å²) in [6.07, 6.45) is 4.92. The van der Waals surface area contributed by atoms with Crippen molar-refractivity contribution in [2.24, 2.45) is 12.8 Å². The SMILES string of the molecule is C=C/C(I)=C(\C=C/N)c1nnnn1C. The molecule has 0 aromatic carbocycles. The molecule has 0 aliphatic carbocycles. The van der Waals surface area contributed by atoms with E-state index in [0.717, 1.165) is 9.15 Å². The lowest BCUT2D eigenvalue weighted by Crippen LogP contribution is -1.99. The van der Waals surface area contributed by atoms with Gasteiger partial charge in [-0.3, -0.25) is 0 Å². The first-order chi connectivity index (χ1) is 6.70. The molecule has 1 aromatic heterocycles. The van der Waals surface area contributed by atoms with Crippen LogP contribution in [0.3, 0.4) is 0 Å². The van der Waals surface area contributed by atoms with E-state index in [2.05, 4.69) is 44.7 Å². The van der Waals surface area contributed by atoms with Gasteiger partial charge in [-0.2, -0.15) is 0 Å². The Morgan fingerprint density at radius 3 is 2.79 bits per heavy atom. The van der Waals surface area contributed by atoms with Crippen molar-refractivity contribution < 1.29 is 0 Å². The first-order valence-corrected chi connectivity index (χ1v) is 4.91. The van der Waals surface area contributed by atoms with Crippen LogP contribution in [0.5, 0.6) is 0 Å². The van der Waals surface area contributed by atoms with E-state index in [-0.39, 0.29) is 0 Å². The molecule has 0 aliphatic heterocycles. The van der Waals surface area contributed by atoms with Crippen molar-refractivity contribution in [1.82, 2.24) is 20.2 Å². The molecular formula is C8H10IN5. The highest BCUT2D eigenvalue weighted by atomic mass is 127. The maximum absolute atomic E-state index is 5.35. The molecule has 2 N–H and O–H groups in total. The van der Waals surface area contributed by atoms with Crippen LogP contribution in [-0.2, 0) is 7.05 Å². The Balaban J connectivity index is 3.27. The molecule has 0 bridgehead atoms. The maximum Gasteiger partial charge on any atom is 0.182 e. The van der Waals surface area contributed by atoms with Gasteiger partial charge in [0.15, 0.2) is 5.82 Å². The summed E-state index contributed by atoms with van der Waals surface area (Å²) in [7, 11) is 1.77. The number of nitrogens with zero attached hydrogens (tertiary/aromatic N) is 4. The van der Waals surface area contributed by atoms with E-state index < -0.39 is 0 Å². The van der Waals surface area contributed by atoms with E-state index in [9.17, 15) is 0 Å². The molecule has 74 valence electrons. The smallest absolute Gasteiger partial charge is 0.182 e. The zero-order valence-corrected chi connectivity index (χ0v) is 9.84. The number of nitrogens with two attached hydrogens (primary N) is 1. The van der Waals surface area contributed by atoms with Crippen LogP contribution in [-0.4, -0.2) is 20.2 Å². The van der Waals surface area contributed by atoms with Crippen LogP contribution >= 0.6 is 22.6 Å². The number of halogens is 1. The minimum atomic E-state index is 0.663. The number of aryl methyl sites for hydroxylation is 1. The second-order valence-corrected chi connectivity index (χ2v) is 3.61. The lowest BCUT2D eigenvalue weighted by Gasteiger charge is -2.01. The molecular weight excluding hydrogens is 293 g/mol. The first kappa shape index (κ1) is 10.9. The Hall–Kier alpha value is -1.18. The predicted octanol–water partition coefficient (Wildman–Crippen LogP) is 1.01. The second-order valence-electron chi connectivity index (χ2n) is 2.45. The normalized spacial score (nSPS) is 13.0. The molecule has 0 atom stereocenters. The number of tetrazole rings is 1. The summed E-state index contributed by atoms with van der Waals surface area (Å²) in [5, 5.41) is 11.2. The van der Waals surface area contributed by atoms with Crippen molar-refractivity contribution >= 4 is 28.2 Å². The van der Waals surface area contributed by atoms with Gasteiger partial charge in [0.05, 0.1) is 0 Å². The molecule has 0 aliphatic rings. The van der Waals surface area contributed by atoms with E-state index in [1.807, 2.05) is 0 Å². The van der Waals surface area contributed by atoms with Crippen LogP contribution in [0.2, 0.25) is 0 Å². The highest BCUT2D eigenvalue weighted by Gasteiger charge is 2.08. The third kappa shape index (κ3) is 2.19. The molecule has 0 saturated carbocycles. The average molecular weight is 303 g/mol. The molecule has 0 unspecified atom stereocenters. The molecule has 0 spiro atoms. The standard InChI is InChI=1S/C8H10IN5/c1-3-7(9)6(4-5-10)8-11-12-13-14(8)2/h3-5H,1,10H2,2H3/b5-4-,7-6-. The second kappa shape index (κ2) is 4.89. The largest absolute Gasteiger partial charge is 0.405 e. The van der Waals surface area contributed by atoms with Crippen LogP contribution in [0.25, 0.3) is 5.57 Å². The van der Waals surface area contributed by atoms with Gasteiger partial charge in [0, 0.05) is 16.2 Å². The molecule has 0 radical (unpaired) electrons. The Kier molecular flexibility index (Phi) is 3.81. The van der Waals surface area contributed by atoms with Crippen LogP contribution in [0.15, 0.2) is 28.5 Å². The van der Waals surface area contributed by atoms with Gasteiger partial charge in [-0.1, -0.05) is 12.7 Å². The predicted molar refractivity (Wildman–Crippen MR) is 63.3 cm³/mol. The fourth-order valence-corrected chi connectivity index (χ4v) is 1.35. The molecule has 14 heavy (non-hydrogen) atoms. The molecule has 0 fully saturated rings. The summed E-state index contributed by atoms with van der Waals surface area (Å²) >= 11 is 2.15. The molecule has 5 nitrogen and oxygen atoms in total. The summed E-state index contributed by atoms with van der Waals surface area (Å²) in [6, 6.07) is 0. The zero-order chi connectivity index (χ0) is 10.6. The highest BCUT2D eigenvalue weighted by Crippen LogP contribution is 2.22.